The second-order valence-corrected chi connectivity index (χ2v) is 8.23. The van der Waals surface area contributed by atoms with E-state index in [1.165, 1.54) is 7.11 Å². The molecule has 0 radical (unpaired) electrons. The number of fused-ring (bicyclic) bond motifs is 1. The number of aromatic nitrogens is 2. The van der Waals surface area contributed by atoms with Gasteiger partial charge in [-0.3, -0.25) is 24.0 Å². The highest BCUT2D eigenvalue weighted by Gasteiger charge is 2.26. The summed E-state index contributed by atoms with van der Waals surface area (Å²) in [4.78, 5) is 54.4. The predicted octanol–water partition coefficient (Wildman–Crippen LogP) is 2.06. The van der Waals surface area contributed by atoms with E-state index in [0.717, 1.165) is 20.4 Å². The van der Waals surface area contributed by atoms with Gasteiger partial charge in [0.25, 0.3) is 11.5 Å². The van der Waals surface area contributed by atoms with Gasteiger partial charge in [-0.2, -0.15) is 0 Å². The number of carbonyl (C=O) groups excluding carboxylic acids is 2. The number of aromatic amines is 1. The summed E-state index contributed by atoms with van der Waals surface area (Å²) in [5, 5.41) is 0.752. The molecule has 4 aromatic rings. The van der Waals surface area contributed by atoms with Crippen molar-refractivity contribution < 1.29 is 23.5 Å². The average Bonchev–Trinajstić information content (AvgIpc) is 3.24. The fourth-order valence-corrected chi connectivity index (χ4v) is 3.94. The fraction of sp³-hybridized carbons (Fsp3) is 0.231. The molecule has 0 aliphatic carbocycles. The van der Waals surface area contributed by atoms with Crippen LogP contribution in [-0.4, -0.2) is 48.3 Å². The molecule has 3 N–H and O–H groups in total. The molecule has 0 unspecified atom stereocenters. The number of anilines is 2. The summed E-state index contributed by atoms with van der Waals surface area (Å²) in [5.41, 5.74) is 6.28. The number of amides is 1. The number of aryl methyl sites for hydroxylation is 1. The molecule has 37 heavy (non-hydrogen) atoms. The van der Waals surface area contributed by atoms with Crippen LogP contribution in [0.4, 0.5) is 11.5 Å². The molecule has 4 rings (SSSR count). The zero-order chi connectivity index (χ0) is 26.5. The standard InChI is InChI=1S/C26H26N4O7/c1-16-18-10-6-7-11-19(18)37-22(16)25(33)36-15-20(31)29(12-13-35-2)21-23(27)30(26(34)28-24(21)32)14-17-8-4-3-5-9-17/h3-11H,12-15,27H2,1-2H3,(H,28,32,34). The van der Waals surface area contributed by atoms with Crippen molar-refractivity contribution in [1.29, 1.82) is 0 Å². The van der Waals surface area contributed by atoms with Crippen molar-refractivity contribution in [3.63, 3.8) is 0 Å². The van der Waals surface area contributed by atoms with E-state index in [4.69, 9.17) is 19.6 Å². The van der Waals surface area contributed by atoms with E-state index in [1.807, 2.05) is 18.2 Å². The third-order valence-electron chi connectivity index (χ3n) is 5.84. The zero-order valence-electron chi connectivity index (χ0n) is 20.4. The number of esters is 1. The lowest BCUT2D eigenvalue weighted by atomic mass is 10.1. The van der Waals surface area contributed by atoms with Crippen LogP contribution in [0, 0.1) is 6.92 Å². The van der Waals surface area contributed by atoms with Crippen molar-refractivity contribution in [2.24, 2.45) is 0 Å². The minimum atomic E-state index is -0.851. The van der Waals surface area contributed by atoms with E-state index < -0.39 is 29.7 Å². The molecule has 0 fully saturated rings. The molecule has 2 aromatic carbocycles. The van der Waals surface area contributed by atoms with Crippen molar-refractivity contribution >= 4 is 34.4 Å². The van der Waals surface area contributed by atoms with E-state index in [9.17, 15) is 19.2 Å². The Labute approximate surface area is 211 Å². The lowest BCUT2D eigenvalue weighted by Crippen LogP contribution is -2.44. The molecule has 11 nitrogen and oxygen atoms in total. The normalized spacial score (nSPS) is 11.0. The van der Waals surface area contributed by atoms with Gasteiger partial charge >= 0.3 is 11.7 Å². The number of carbonyl (C=O) groups is 2. The summed E-state index contributed by atoms with van der Waals surface area (Å²) in [7, 11) is 1.43. The van der Waals surface area contributed by atoms with Gasteiger partial charge < -0.3 is 19.6 Å². The number of hydrogen-bond donors (Lipinski definition) is 2. The van der Waals surface area contributed by atoms with E-state index in [2.05, 4.69) is 4.98 Å². The molecule has 0 spiro atoms. The number of furan rings is 1. The smallest absolute Gasteiger partial charge is 0.375 e. The lowest BCUT2D eigenvalue weighted by Gasteiger charge is -2.24. The Morgan fingerprint density at radius 3 is 2.49 bits per heavy atom. The van der Waals surface area contributed by atoms with Crippen LogP contribution < -0.4 is 21.9 Å². The Morgan fingerprint density at radius 1 is 1.08 bits per heavy atom. The van der Waals surface area contributed by atoms with Crippen LogP contribution in [0.3, 0.4) is 0 Å². The van der Waals surface area contributed by atoms with Gasteiger partial charge in [0, 0.05) is 24.6 Å². The number of H-pyrrole nitrogens is 1. The minimum Gasteiger partial charge on any atom is -0.450 e. The Kier molecular flexibility index (Phi) is 7.54. The summed E-state index contributed by atoms with van der Waals surface area (Å²) in [6, 6.07) is 16.1. The summed E-state index contributed by atoms with van der Waals surface area (Å²) < 4.78 is 17.1. The molecule has 0 aliphatic heterocycles. The highest BCUT2D eigenvalue weighted by Crippen LogP contribution is 2.25. The summed E-state index contributed by atoms with van der Waals surface area (Å²) in [6.45, 7) is 1.06. The average molecular weight is 507 g/mol. The first-order valence-corrected chi connectivity index (χ1v) is 11.4. The van der Waals surface area contributed by atoms with Gasteiger partial charge in [0.05, 0.1) is 13.2 Å². The van der Waals surface area contributed by atoms with Crippen LogP contribution in [0.2, 0.25) is 0 Å². The Bertz CT molecular complexity index is 1550. The van der Waals surface area contributed by atoms with E-state index in [-0.39, 0.29) is 37.0 Å². The van der Waals surface area contributed by atoms with Crippen molar-refractivity contribution in [2.45, 2.75) is 13.5 Å². The van der Waals surface area contributed by atoms with E-state index in [0.29, 0.717) is 11.1 Å². The Balaban J connectivity index is 1.60. The van der Waals surface area contributed by atoms with Crippen LogP contribution >= 0.6 is 0 Å². The van der Waals surface area contributed by atoms with Gasteiger partial charge in [0.2, 0.25) is 5.76 Å². The van der Waals surface area contributed by atoms with Gasteiger partial charge in [-0.25, -0.2) is 9.59 Å². The van der Waals surface area contributed by atoms with Gasteiger partial charge in [-0.05, 0) is 18.6 Å². The van der Waals surface area contributed by atoms with Gasteiger partial charge in [0.15, 0.2) is 12.3 Å². The zero-order valence-corrected chi connectivity index (χ0v) is 20.4. The second-order valence-electron chi connectivity index (χ2n) is 8.23. The van der Waals surface area contributed by atoms with Gasteiger partial charge in [-0.15, -0.1) is 0 Å². The van der Waals surface area contributed by atoms with Crippen LogP contribution in [0.1, 0.15) is 21.7 Å². The molecule has 2 aromatic heterocycles. The number of nitrogens with zero attached hydrogens (tertiary/aromatic N) is 2. The second kappa shape index (κ2) is 11.0. The van der Waals surface area contributed by atoms with Crippen molar-refractivity contribution in [1.82, 2.24) is 9.55 Å². The largest absolute Gasteiger partial charge is 0.450 e. The van der Waals surface area contributed by atoms with E-state index >= 15 is 0 Å². The minimum absolute atomic E-state index is 0.0220. The van der Waals surface area contributed by atoms with E-state index in [1.54, 1.807) is 43.3 Å². The van der Waals surface area contributed by atoms with Crippen molar-refractivity contribution in [3.8, 4) is 0 Å². The molecule has 0 atom stereocenters. The number of nitrogens with one attached hydrogen (secondary N) is 1. The first kappa shape index (κ1) is 25.5. The molecule has 1 amide bonds. The molecule has 0 bridgehead atoms. The molecule has 0 saturated heterocycles. The van der Waals surface area contributed by atoms with Gasteiger partial charge in [-0.1, -0.05) is 48.5 Å². The number of methoxy groups -OCH3 is 1. The highest BCUT2D eigenvalue weighted by molar-refractivity contribution is 6.00. The Hall–Kier alpha value is -4.64. The lowest BCUT2D eigenvalue weighted by molar-refractivity contribution is -0.121. The monoisotopic (exact) mass is 506 g/mol. The van der Waals surface area contributed by atoms with Crippen LogP contribution in [-0.2, 0) is 20.8 Å². The summed E-state index contributed by atoms with van der Waals surface area (Å²) in [6.07, 6.45) is 0. The molecule has 192 valence electrons. The number of hydrogen-bond acceptors (Lipinski definition) is 8. The van der Waals surface area contributed by atoms with Crippen molar-refractivity contribution in [2.75, 3.05) is 37.5 Å². The number of ether oxygens (including phenoxy) is 2. The van der Waals surface area contributed by atoms with Crippen LogP contribution in [0.15, 0.2) is 68.6 Å². The van der Waals surface area contributed by atoms with Crippen LogP contribution in [0.25, 0.3) is 11.0 Å². The molecular formula is C26H26N4O7. The molecule has 0 aliphatic rings. The first-order valence-electron chi connectivity index (χ1n) is 11.4. The third kappa shape index (κ3) is 5.31. The molecule has 2 heterocycles. The number of nitrogen functional groups attached to an aromatic ring is 1. The highest BCUT2D eigenvalue weighted by atomic mass is 16.5. The number of nitrogens with two attached hydrogens (primary N) is 1. The fourth-order valence-electron chi connectivity index (χ4n) is 3.94. The van der Waals surface area contributed by atoms with Gasteiger partial charge in [0.1, 0.15) is 11.4 Å². The topological polar surface area (TPSA) is 150 Å². The molecule has 11 heteroatoms. The molecule has 0 saturated carbocycles. The quantitative estimate of drug-likeness (QED) is 0.328. The SMILES string of the molecule is COCCN(C(=O)COC(=O)c1oc2ccccc2c1C)c1c(N)n(Cc2ccccc2)c(=O)[nH]c1=O. The maximum atomic E-state index is 13.2. The maximum absolute atomic E-state index is 13.2. The summed E-state index contributed by atoms with van der Waals surface area (Å²) >= 11 is 0. The predicted molar refractivity (Wildman–Crippen MR) is 137 cm³/mol. The maximum Gasteiger partial charge on any atom is 0.375 e. The summed E-state index contributed by atoms with van der Waals surface area (Å²) in [5.74, 6) is -1.79. The first-order chi connectivity index (χ1) is 17.8. The van der Waals surface area contributed by atoms with Crippen molar-refractivity contribution in [3.05, 3.63) is 92.3 Å². The third-order valence-corrected chi connectivity index (χ3v) is 5.84. The van der Waals surface area contributed by atoms with Crippen LogP contribution in [0.5, 0.6) is 0 Å². The molecular weight excluding hydrogens is 480 g/mol. The number of benzene rings is 2. The Morgan fingerprint density at radius 2 is 1.78 bits per heavy atom. The number of para-hydroxylation sites is 1. The number of rotatable bonds is 9.